The summed E-state index contributed by atoms with van der Waals surface area (Å²) in [5.41, 5.74) is 0.741. The number of aryl methyl sites for hydroxylation is 1. The average molecular weight is 417 g/mol. The molecule has 156 valence electrons. The summed E-state index contributed by atoms with van der Waals surface area (Å²) in [4.78, 5) is 20.5. The summed E-state index contributed by atoms with van der Waals surface area (Å²) in [5, 5.41) is 21.7. The molecule has 0 aliphatic rings. The van der Waals surface area contributed by atoms with Crippen molar-refractivity contribution in [2.75, 3.05) is 30.8 Å². The second-order valence-corrected chi connectivity index (χ2v) is 7.52. The van der Waals surface area contributed by atoms with Crippen LogP contribution in [-0.2, 0) is 4.79 Å². The van der Waals surface area contributed by atoms with E-state index in [-0.39, 0.29) is 11.9 Å². The molecule has 0 saturated carbocycles. The van der Waals surface area contributed by atoms with Crippen LogP contribution in [0.15, 0.2) is 6.20 Å². The molecular weight excluding hydrogens is 388 g/mol. The van der Waals surface area contributed by atoms with Crippen LogP contribution in [0.5, 0.6) is 0 Å². The molecule has 0 radical (unpaired) electrons. The van der Waals surface area contributed by atoms with E-state index in [4.69, 9.17) is 0 Å². The number of aromatic nitrogens is 4. The highest BCUT2D eigenvalue weighted by atomic mass is 32.1. The first-order valence-corrected chi connectivity index (χ1v) is 10.5. The smallest absolute Gasteiger partial charge is 0.236 e. The van der Waals surface area contributed by atoms with Crippen LogP contribution >= 0.6 is 11.3 Å². The highest BCUT2D eigenvalue weighted by Crippen LogP contribution is 2.19. The van der Waals surface area contributed by atoms with Crippen LogP contribution in [0.25, 0.3) is 0 Å². The number of anilines is 3. The van der Waals surface area contributed by atoms with E-state index in [1.807, 2.05) is 13.8 Å². The number of rotatable bonds is 10. The van der Waals surface area contributed by atoms with Gasteiger partial charge in [0.25, 0.3) is 0 Å². The van der Waals surface area contributed by atoms with Crippen molar-refractivity contribution in [3.63, 3.8) is 0 Å². The van der Waals surface area contributed by atoms with E-state index < -0.39 is 0 Å². The van der Waals surface area contributed by atoms with Gasteiger partial charge < -0.3 is 16.0 Å². The zero-order valence-electron chi connectivity index (χ0n) is 17.3. The van der Waals surface area contributed by atoms with Crippen LogP contribution in [0, 0.1) is 18.8 Å². The van der Waals surface area contributed by atoms with Gasteiger partial charge in [-0.05, 0) is 33.7 Å². The van der Waals surface area contributed by atoms with Crippen molar-refractivity contribution in [3.8, 4) is 11.8 Å². The molecule has 0 saturated heterocycles. The number of likely N-dealkylation sites (N-methyl/N-ethyl adjacent to an activating group) is 1. The minimum Gasteiger partial charge on any atom is -0.369 e. The summed E-state index contributed by atoms with van der Waals surface area (Å²) in [5.74, 6) is 7.39. The fourth-order valence-electron chi connectivity index (χ4n) is 2.18. The normalized spacial score (nSPS) is 11.3. The van der Waals surface area contributed by atoms with Crippen molar-refractivity contribution in [1.29, 1.82) is 0 Å². The van der Waals surface area contributed by atoms with Crippen LogP contribution in [0.3, 0.4) is 0 Å². The number of amides is 1. The third kappa shape index (κ3) is 7.63. The van der Waals surface area contributed by atoms with Crippen LogP contribution in [0.4, 0.5) is 16.9 Å². The number of carbonyl (C=O) groups excluding carboxylic acids is 1. The van der Waals surface area contributed by atoms with Crippen LogP contribution in [-0.4, -0.2) is 52.3 Å². The summed E-state index contributed by atoms with van der Waals surface area (Å²) in [6.07, 6.45) is 4.12. The molecule has 0 bridgehead atoms. The molecule has 0 unspecified atom stereocenters. The third-order valence-corrected chi connectivity index (χ3v) is 4.66. The predicted molar refractivity (Wildman–Crippen MR) is 116 cm³/mol. The number of carbonyl (C=O) groups is 1. The summed E-state index contributed by atoms with van der Waals surface area (Å²) >= 11 is 1.44. The molecule has 10 heteroatoms. The molecule has 4 N–H and O–H groups in total. The van der Waals surface area contributed by atoms with E-state index in [1.54, 1.807) is 13.2 Å². The highest BCUT2D eigenvalue weighted by Gasteiger charge is 2.09. The van der Waals surface area contributed by atoms with Gasteiger partial charge in [0, 0.05) is 19.5 Å². The Balaban J connectivity index is 1.95. The van der Waals surface area contributed by atoms with E-state index in [9.17, 15) is 4.79 Å². The van der Waals surface area contributed by atoms with Crippen molar-refractivity contribution in [1.82, 2.24) is 30.8 Å². The number of nitrogens with one attached hydrogen (secondary N) is 4. The van der Waals surface area contributed by atoms with E-state index in [2.05, 4.69) is 60.2 Å². The molecule has 29 heavy (non-hydrogen) atoms. The zero-order chi connectivity index (χ0) is 21.1. The fraction of sp³-hybridized carbons (Fsp3) is 0.526. The quantitative estimate of drug-likeness (QED) is 0.343. The number of hydrogen-bond acceptors (Lipinski definition) is 9. The van der Waals surface area contributed by atoms with Crippen molar-refractivity contribution >= 4 is 34.1 Å². The molecule has 0 fully saturated rings. The van der Waals surface area contributed by atoms with Gasteiger partial charge >= 0.3 is 0 Å². The molecule has 1 amide bonds. The van der Waals surface area contributed by atoms with Gasteiger partial charge in [0.05, 0.1) is 17.8 Å². The van der Waals surface area contributed by atoms with Gasteiger partial charge in [-0.15, -0.1) is 10.2 Å². The Labute approximate surface area is 175 Å². The first-order valence-electron chi connectivity index (χ1n) is 9.65. The first-order chi connectivity index (χ1) is 14.0. The summed E-state index contributed by atoms with van der Waals surface area (Å²) in [6.45, 7) is 7.19. The fourth-order valence-corrected chi connectivity index (χ4v) is 2.77. The van der Waals surface area contributed by atoms with Crippen molar-refractivity contribution in [2.24, 2.45) is 0 Å². The van der Waals surface area contributed by atoms with E-state index >= 15 is 0 Å². The van der Waals surface area contributed by atoms with E-state index in [0.29, 0.717) is 29.9 Å². The monoisotopic (exact) mass is 416 g/mol. The van der Waals surface area contributed by atoms with Crippen LogP contribution in [0.2, 0.25) is 0 Å². The second kappa shape index (κ2) is 11.9. The lowest BCUT2D eigenvalue weighted by Crippen LogP contribution is -2.40. The maximum absolute atomic E-state index is 11.7. The Morgan fingerprint density at radius 1 is 1.31 bits per heavy atom. The van der Waals surface area contributed by atoms with Crippen LogP contribution < -0.4 is 21.3 Å². The van der Waals surface area contributed by atoms with Gasteiger partial charge in [0.1, 0.15) is 10.8 Å². The SMILES string of the molecule is CCCNc1nc(Nc2nnc(C)s2)ncc1C#CCCCNC(=O)[C@H](C)NC. The molecule has 1 atom stereocenters. The first kappa shape index (κ1) is 22.5. The molecule has 2 heterocycles. The molecule has 0 aliphatic heterocycles. The molecule has 0 aromatic carbocycles. The van der Waals surface area contributed by atoms with E-state index in [0.717, 1.165) is 30.0 Å². The third-order valence-electron chi connectivity index (χ3n) is 3.90. The Morgan fingerprint density at radius 2 is 2.14 bits per heavy atom. The van der Waals surface area contributed by atoms with Gasteiger partial charge in [0.15, 0.2) is 0 Å². The lowest BCUT2D eigenvalue weighted by molar-refractivity contribution is -0.122. The number of hydrogen-bond donors (Lipinski definition) is 4. The molecule has 9 nitrogen and oxygen atoms in total. The summed E-state index contributed by atoms with van der Waals surface area (Å²) < 4.78 is 0. The van der Waals surface area contributed by atoms with Gasteiger partial charge in [-0.25, -0.2) is 4.98 Å². The van der Waals surface area contributed by atoms with E-state index in [1.165, 1.54) is 11.3 Å². The molecule has 2 rings (SSSR count). The molecule has 0 spiro atoms. The molecule has 0 aliphatic carbocycles. The number of unbranched alkanes of at least 4 members (excludes halogenated alkanes) is 1. The Bertz CT molecular complexity index is 857. The number of nitrogens with zero attached hydrogens (tertiary/aromatic N) is 4. The van der Waals surface area contributed by atoms with Crippen molar-refractivity contribution in [3.05, 3.63) is 16.8 Å². The maximum atomic E-state index is 11.7. The standard InChI is InChI=1S/C19H28N8OS/c1-5-10-21-16-15(9-7-6-8-11-22-17(28)13(2)20-4)12-23-18(24-16)25-19-27-26-14(3)29-19/h12-13,20H,5-6,8,10-11H2,1-4H3,(H,22,28)(H2,21,23,24,25,27)/t13-/m0/s1. The van der Waals surface area contributed by atoms with Gasteiger partial charge in [-0.3, -0.25) is 10.1 Å². The molecule has 2 aromatic rings. The highest BCUT2D eigenvalue weighted by molar-refractivity contribution is 7.15. The molecular formula is C19H28N8OS. The Kier molecular flexibility index (Phi) is 9.27. The van der Waals surface area contributed by atoms with Gasteiger partial charge in [-0.2, -0.15) is 4.98 Å². The largest absolute Gasteiger partial charge is 0.369 e. The lowest BCUT2D eigenvalue weighted by atomic mass is 10.2. The predicted octanol–water partition coefficient (Wildman–Crippen LogP) is 2.06. The Morgan fingerprint density at radius 3 is 2.83 bits per heavy atom. The minimum atomic E-state index is -0.193. The Hall–Kier alpha value is -2.77. The second-order valence-electron chi connectivity index (χ2n) is 6.34. The minimum absolute atomic E-state index is 0.00590. The lowest BCUT2D eigenvalue weighted by Gasteiger charge is -2.10. The van der Waals surface area contributed by atoms with Crippen molar-refractivity contribution in [2.45, 2.75) is 46.1 Å². The zero-order valence-corrected chi connectivity index (χ0v) is 18.1. The van der Waals surface area contributed by atoms with Crippen LogP contribution in [0.1, 0.15) is 43.7 Å². The maximum Gasteiger partial charge on any atom is 0.236 e. The van der Waals surface area contributed by atoms with Gasteiger partial charge in [0.2, 0.25) is 17.0 Å². The molecule has 2 aromatic heterocycles. The van der Waals surface area contributed by atoms with Crippen molar-refractivity contribution < 1.29 is 4.79 Å². The topological polar surface area (TPSA) is 117 Å². The summed E-state index contributed by atoms with van der Waals surface area (Å²) in [6, 6.07) is -0.193. The average Bonchev–Trinajstić information content (AvgIpc) is 3.13. The van der Waals surface area contributed by atoms with Gasteiger partial charge in [-0.1, -0.05) is 30.1 Å². The summed E-state index contributed by atoms with van der Waals surface area (Å²) in [7, 11) is 1.76.